The molecule has 0 spiro atoms. The van der Waals surface area contributed by atoms with Gasteiger partial charge in [0.05, 0.1) is 6.07 Å². The van der Waals surface area contributed by atoms with Crippen LogP contribution < -0.4 is 10.2 Å². The van der Waals surface area contributed by atoms with E-state index in [9.17, 15) is 4.79 Å². The minimum atomic E-state index is -0.953. The minimum absolute atomic E-state index is 0.211. The first kappa shape index (κ1) is 15.0. The van der Waals surface area contributed by atoms with Gasteiger partial charge in [-0.1, -0.05) is 18.2 Å². The molecule has 0 saturated heterocycles. The van der Waals surface area contributed by atoms with Crippen LogP contribution in [0.15, 0.2) is 30.3 Å². The Kier molecular flexibility index (Phi) is 5.37. The molecule has 0 atom stereocenters. The molecular formula is C15H21N3O. The second-order valence-electron chi connectivity index (χ2n) is 5.10. The van der Waals surface area contributed by atoms with Gasteiger partial charge >= 0.3 is 0 Å². The number of amides is 1. The van der Waals surface area contributed by atoms with Gasteiger partial charge in [0.2, 0.25) is 5.91 Å². The fourth-order valence-electron chi connectivity index (χ4n) is 1.60. The van der Waals surface area contributed by atoms with Gasteiger partial charge in [-0.15, -0.1) is 0 Å². The Morgan fingerprint density at radius 2 is 2.00 bits per heavy atom. The molecule has 0 aliphatic carbocycles. The number of benzene rings is 1. The Hall–Kier alpha value is -2.02. The molecule has 0 saturated carbocycles. The molecule has 19 heavy (non-hydrogen) atoms. The van der Waals surface area contributed by atoms with Crippen molar-refractivity contribution in [1.29, 1.82) is 5.26 Å². The van der Waals surface area contributed by atoms with E-state index < -0.39 is 5.41 Å². The Morgan fingerprint density at radius 3 is 2.58 bits per heavy atom. The standard InChI is InChI=1S/C15H21N3O/c1-15(2,12-16)14(19)17-10-7-11-18(3)13-8-5-4-6-9-13/h4-6,8-9H,7,10-11H2,1-3H3,(H,17,19). The number of nitriles is 1. The summed E-state index contributed by atoms with van der Waals surface area (Å²) in [7, 11) is 2.02. The van der Waals surface area contributed by atoms with Crippen LogP contribution in [-0.2, 0) is 4.79 Å². The summed E-state index contributed by atoms with van der Waals surface area (Å²) in [5.41, 5.74) is 0.205. The van der Waals surface area contributed by atoms with Crippen molar-refractivity contribution in [2.75, 3.05) is 25.0 Å². The van der Waals surface area contributed by atoms with Crippen LogP contribution in [0.3, 0.4) is 0 Å². The minimum Gasteiger partial charge on any atom is -0.375 e. The number of nitrogens with zero attached hydrogens (tertiary/aromatic N) is 2. The molecule has 102 valence electrons. The van der Waals surface area contributed by atoms with Crippen molar-refractivity contribution in [2.45, 2.75) is 20.3 Å². The number of rotatable bonds is 6. The molecule has 0 heterocycles. The average Bonchev–Trinajstić information content (AvgIpc) is 2.43. The third kappa shape index (κ3) is 4.63. The van der Waals surface area contributed by atoms with E-state index in [-0.39, 0.29) is 5.91 Å². The third-order valence-electron chi connectivity index (χ3n) is 3.00. The van der Waals surface area contributed by atoms with Gasteiger partial charge in [-0.2, -0.15) is 5.26 Å². The number of anilines is 1. The molecule has 1 rings (SSSR count). The Morgan fingerprint density at radius 1 is 1.37 bits per heavy atom. The predicted molar refractivity (Wildman–Crippen MR) is 76.7 cm³/mol. The van der Waals surface area contributed by atoms with Crippen LogP contribution in [0.5, 0.6) is 0 Å². The topological polar surface area (TPSA) is 56.1 Å². The summed E-state index contributed by atoms with van der Waals surface area (Å²) in [5, 5.41) is 11.6. The number of carbonyl (C=O) groups is 1. The van der Waals surface area contributed by atoms with Crippen molar-refractivity contribution in [3.05, 3.63) is 30.3 Å². The molecule has 0 fully saturated rings. The molecule has 1 aromatic carbocycles. The van der Waals surface area contributed by atoms with Gasteiger partial charge in [-0.3, -0.25) is 4.79 Å². The molecule has 1 N–H and O–H groups in total. The predicted octanol–water partition coefficient (Wildman–Crippen LogP) is 2.18. The number of carbonyl (C=O) groups excluding carboxylic acids is 1. The zero-order valence-corrected chi connectivity index (χ0v) is 11.8. The highest BCUT2D eigenvalue weighted by Gasteiger charge is 2.26. The van der Waals surface area contributed by atoms with Gasteiger partial charge in [0.25, 0.3) is 0 Å². The quantitative estimate of drug-likeness (QED) is 0.797. The Bertz CT molecular complexity index is 448. The second kappa shape index (κ2) is 6.79. The van der Waals surface area contributed by atoms with E-state index in [0.29, 0.717) is 6.54 Å². The lowest BCUT2D eigenvalue weighted by atomic mass is 9.95. The van der Waals surface area contributed by atoms with E-state index >= 15 is 0 Å². The van der Waals surface area contributed by atoms with Crippen LogP contribution >= 0.6 is 0 Å². The summed E-state index contributed by atoms with van der Waals surface area (Å²) in [6.45, 7) is 4.69. The molecule has 0 aliphatic rings. The van der Waals surface area contributed by atoms with E-state index in [1.165, 1.54) is 0 Å². The number of nitrogens with one attached hydrogen (secondary N) is 1. The first-order valence-electron chi connectivity index (χ1n) is 6.43. The van der Waals surface area contributed by atoms with Crippen LogP contribution in [0.4, 0.5) is 5.69 Å². The zero-order chi connectivity index (χ0) is 14.3. The van der Waals surface area contributed by atoms with Crippen molar-refractivity contribution in [1.82, 2.24) is 5.32 Å². The molecule has 4 nitrogen and oxygen atoms in total. The van der Waals surface area contributed by atoms with Gasteiger partial charge < -0.3 is 10.2 Å². The lowest BCUT2D eigenvalue weighted by Gasteiger charge is -2.20. The summed E-state index contributed by atoms with van der Waals surface area (Å²) in [6, 6.07) is 12.1. The number of hydrogen-bond donors (Lipinski definition) is 1. The van der Waals surface area contributed by atoms with Gasteiger partial charge in [-0.05, 0) is 32.4 Å². The zero-order valence-electron chi connectivity index (χ0n) is 11.8. The van der Waals surface area contributed by atoms with Crippen LogP contribution in [0.1, 0.15) is 20.3 Å². The van der Waals surface area contributed by atoms with Gasteiger partial charge in [0, 0.05) is 25.8 Å². The van der Waals surface area contributed by atoms with Crippen molar-refractivity contribution in [3.8, 4) is 6.07 Å². The highest BCUT2D eigenvalue weighted by Crippen LogP contribution is 2.13. The van der Waals surface area contributed by atoms with E-state index in [1.807, 2.05) is 31.3 Å². The fraction of sp³-hybridized carbons (Fsp3) is 0.467. The van der Waals surface area contributed by atoms with Crippen LogP contribution in [0, 0.1) is 16.7 Å². The first-order chi connectivity index (χ1) is 8.97. The summed E-state index contributed by atoms with van der Waals surface area (Å²) in [6.07, 6.45) is 0.846. The maximum atomic E-state index is 11.7. The molecule has 1 amide bonds. The summed E-state index contributed by atoms with van der Waals surface area (Å²) in [4.78, 5) is 13.8. The second-order valence-corrected chi connectivity index (χ2v) is 5.10. The normalized spacial score (nSPS) is 10.6. The van der Waals surface area contributed by atoms with Gasteiger partial charge in [0.15, 0.2) is 0 Å². The summed E-state index contributed by atoms with van der Waals surface area (Å²) in [5.74, 6) is -0.211. The highest BCUT2D eigenvalue weighted by atomic mass is 16.2. The maximum absolute atomic E-state index is 11.7. The van der Waals surface area contributed by atoms with Crippen LogP contribution in [-0.4, -0.2) is 26.0 Å². The van der Waals surface area contributed by atoms with Crippen LogP contribution in [0.25, 0.3) is 0 Å². The molecule has 1 aromatic rings. The molecule has 0 bridgehead atoms. The fourth-order valence-corrected chi connectivity index (χ4v) is 1.60. The molecular weight excluding hydrogens is 238 g/mol. The number of hydrogen-bond acceptors (Lipinski definition) is 3. The molecule has 0 aromatic heterocycles. The largest absolute Gasteiger partial charge is 0.375 e. The smallest absolute Gasteiger partial charge is 0.239 e. The van der Waals surface area contributed by atoms with Gasteiger partial charge in [0.1, 0.15) is 5.41 Å². The molecule has 0 radical (unpaired) electrons. The maximum Gasteiger partial charge on any atom is 0.239 e. The van der Waals surface area contributed by atoms with E-state index in [4.69, 9.17) is 5.26 Å². The van der Waals surface area contributed by atoms with E-state index in [2.05, 4.69) is 22.3 Å². The highest BCUT2D eigenvalue weighted by molar-refractivity contribution is 5.84. The monoisotopic (exact) mass is 259 g/mol. The lowest BCUT2D eigenvalue weighted by Crippen LogP contribution is -2.37. The molecule has 0 aliphatic heterocycles. The summed E-state index contributed by atoms with van der Waals surface area (Å²) >= 11 is 0. The first-order valence-corrected chi connectivity index (χ1v) is 6.43. The lowest BCUT2D eigenvalue weighted by molar-refractivity contribution is -0.126. The number of para-hydroxylation sites is 1. The van der Waals surface area contributed by atoms with Gasteiger partial charge in [-0.25, -0.2) is 0 Å². The van der Waals surface area contributed by atoms with E-state index in [1.54, 1.807) is 13.8 Å². The molecule has 0 unspecified atom stereocenters. The Balaban J connectivity index is 2.29. The average molecular weight is 259 g/mol. The van der Waals surface area contributed by atoms with Crippen LogP contribution in [0.2, 0.25) is 0 Å². The Labute approximate surface area is 115 Å². The van der Waals surface area contributed by atoms with Crippen molar-refractivity contribution in [3.63, 3.8) is 0 Å². The van der Waals surface area contributed by atoms with Crippen molar-refractivity contribution < 1.29 is 4.79 Å². The van der Waals surface area contributed by atoms with Crippen molar-refractivity contribution in [2.24, 2.45) is 5.41 Å². The SMILES string of the molecule is CN(CCCNC(=O)C(C)(C)C#N)c1ccccc1. The third-order valence-corrected chi connectivity index (χ3v) is 3.00. The molecule has 4 heteroatoms. The van der Waals surface area contributed by atoms with E-state index in [0.717, 1.165) is 18.7 Å². The summed E-state index contributed by atoms with van der Waals surface area (Å²) < 4.78 is 0. The van der Waals surface area contributed by atoms with Crippen molar-refractivity contribution >= 4 is 11.6 Å².